The topological polar surface area (TPSA) is 24.5 Å². The normalized spacial score (nSPS) is 17.1. The van der Waals surface area contributed by atoms with Gasteiger partial charge in [0.1, 0.15) is 11.1 Å². The molecule has 2 aromatic rings. The Kier molecular flexibility index (Phi) is 5.30. The molecule has 1 aliphatic heterocycles. The Labute approximate surface area is 151 Å². The van der Waals surface area contributed by atoms with E-state index in [1.807, 2.05) is 48.2 Å². The Hall–Kier alpha value is -1.43. The standard InChI is InChI=1S/C17H17ClN2OS2/c1-21-15-8-6-14(7-9-15)19-17(22)20-10-11-23-16(20)12-2-4-13(18)5-3-12/h2-9,16H,10-11H2,1H3,(H,19,22)/t16-/m0/s1. The van der Waals surface area contributed by atoms with Gasteiger partial charge in [-0.3, -0.25) is 0 Å². The Bertz CT molecular complexity index is 676. The van der Waals surface area contributed by atoms with Crippen LogP contribution < -0.4 is 10.1 Å². The summed E-state index contributed by atoms with van der Waals surface area (Å²) in [5, 5.41) is 5.02. The first-order valence-corrected chi connectivity index (χ1v) is 9.09. The first kappa shape index (κ1) is 16.4. The molecular weight excluding hydrogens is 348 g/mol. The molecule has 0 aromatic heterocycles. The molecule has 0 aliphatic carbocycles. The van der Waals surface area contributed by atoms with Gasteiger partial charge in [-0.2, -0.15) is 0 Å². The molecule has 2 aromatic carbocycles. The van der Waals surface area contributed by atoms with Gasteiger partial charge in [-0.25, -0.2) is 0 Å². The van der Waals surface area contributed by atoms with Gasteiger partial charge in [0.2, 0.25) is 0 Å². The van der Waals surface area contributed by atoms with Crippen molar-refractivity contribution in [3.63, 3.8) is 0 Å². The maximum absolute atomic E-state index is 5.98. The summed E-state index contributed by atoms with van der Waals surface area (Å²) in [6.45, 7) is 0.931. The molecule has 1 saturated heterocycles. The highest BCUT2D eigenvalue weighted by atomic mass is 35.5. The summed E-state index contributed by atoms with van der Waals surface area (Å²) in [6.07, 6.45) is 0. The van der Waals surface area contributed by atoms with E-state index >= 15 is 0 Å². The van der Waals surface area contributed by atoms with Crippen molar-refractivity contribution in [2.24, 2.45) is 0 Å². The molecule has 6 heteroatoms. The number of nitrogens with zero attached hydrogens (tertiary/aromatic N) is 1. The van der Waals surface area contributed by atoms with Gasteiger partial charge < -0.3 is 15.0 Å². The second kappa shape index (κ2) is 7.43. The van der Waals surface area contributed by atoms with Crippen molar-refractivity contribution >= 4 is 46.4 Å². The summed E-state index contributed by atoms with van der Waals surface area (Å²) in [7, 11) is 1.66. The van der Waals surface area contributed by atoms with Crippen LogP contribution in [-0.4, -0.2) is 29.4 Å². The summed E-state index contributed by atoms with van der Waals surface area (Å²) >= 11 is 13.5. The van der Waals surface area contributed by atoms with Crippen molar-refractivity contribution in [1.29, 1.82) is 0 Å². The van der Waals surface area contributed by atoms with Gasteiger partial charge in [-0.15, -0.1) is 11.8 Å². The number of benzene rings is 2. The molecule has 0 unspecified atom stereocenters. The van der Waals surface area contributed by atoms with E-state index in [0.29, 0.717) is 0 Å². The molecule has 3 rings (SSSR count). The van der Waals surface area contributed by atoms with Gasteiger partial charge in [0.25, 0.3) is 0 Å². The molecule has 0 amide bonds. The Morgan fingerprint density at radius 1 is 1.22 bits per heavy atom. The maximum Gasteiger partial charge on any atom is 0.174 e. The van der Waals surface area contributed by atoms with Gasteiger partial charge in [0.05, 0.1) is 7.11 Å². The molecule has 0 bridgehead atoms. The largest absolute Gasteiger partial charge is 0.497 e. The zero-order chi connectivity index (χ0) is 16.2. The Morgan fingerprint density at radius 3 is 2.57 bits per heavy atom. The number of nitrogens with one attached hydrogen (secondary N) is 1. The molecule has 1 N–H and O–H groups in total. The van der Waals surface area contributed by atoms with Crippen LogP contribution in [0.25, 0.3) is 0 Å². The maximum atomic E-state index is 5.98. The summed E-state index contributed by atoms with van der Waals surface area (Å²) < 4.78 is 5.17. The molecule has 0 saturated carbocycles. The van der Waals surface area contributed by atoms with Crippen LogP contribution in [0.3, 0.4) is 0 Å². The molecule has 3 nitrogen and oxygen atoms in total. The van der Waals surface area contributed by atoms with Crippen molar-refractivity contribution < 1.29 is 4.74 Å². The van der Waals surface area contributed by atoms with E-state index in [-0.39, 0.29) is 5.37 Å². The van der Waals surface area contributed by atoms with Crippen LogP contribution in [0, 0.1) is 0 Å². The molecule has 1 fully saturated rings. The van der Waals surface area contributed by atoms with Gasteiger partial charge >= 0.3 is 0 Å². The van der Waals surface area contributed by atoms with Crippen LogP contribution in [0.15, 0.2) is 48.5 Å². The molecule has 0 spiro atoms. The van der Waals surface area contributed by atoms with Crippen LogP contribution >= 0.6 is 35.6 Å². The fourth-order valence-electron chi connectivity index (χ4n) is 2.45. The van der Waals surface area contributed by atoms with E-state index < -0.39 is 0 Å². The molecule has 1 atom stereocenters. The van der Waals surface area contributed by atoms with E-state index in [1.54, 1.807) is 7.11 Å². The lowest BCUT2D eigenvalue weighted by Gasteiger charge is -2.27. The Balaban J connectivity index is 1.71. The molecule has 0 radical (unpaired) electrons. The predicted molar refractivity (Wildman–Crippen MR) is 103 cm³/mol. The van der Waals surface area contributed by atoms with Crippen molar-refractivity contribution in [3.05, 3.63) is 59.1 Å². The second-order valence-corrected chi connectivity index (χ2v) is 7.14. The summed E-state index contributed by atoms with van der Waals surface area (Å²) in [6, 6.07) is 15.7. The minimum atomic E-state index is 0.227. The zero-order valence-electron chi connectivity index (χ0n) is 12.7. The quantitative estimate of drug-likeness (QED) is 0.789. The average Bonchev–Trinajstić information content (AvgIpc) is 3.06. The van der Waals surface area contributed by atoms with Gasteiger partial charge in [-0.05, 0) is 54.2 Å². The van der Waals surface area contributed by atoms with Gasteiger partial charge in [-0.1, -0.05) is 23.7 Å². The minimum absolute atomic E-state index is 0.227. The highest BCUT2D eigenvalue weighted by Gasteiger charge is 2.28. The lowest BCUT2D eigenvalue weighted by molar-refractivity contribution is 0.415. The van der Waals surface area contributed by atoms with Gasteiger partial charge in [0.15, 0.2) is 5.11 Å². The van der Waals surface area contributed by atoms with E-state index in [4.69, 9.17) is 28.6 Å². The number of thiocarbonyl (C=S) groups is 1. The van der Waals surface area contributed by atoms with Crippen molar-refractivity contribution in [1.82, 2.24) is 4.90 Å². The third-order valence-electron chi connectivity index (χ3n) is 3.65. The molecule has 23 heavy (non-hydrogen) atoms. The average molecular weight is 365 g/mol. The number of halogens is 1. The molecule has 1 heterocycles. The first-order chi connectivity index (χ1) is 11.2. The number of rotatable bonds is 3. The SMILES string of the molecule is COc1ccc(NC(=S)N2CCS[C@H]2c2ccc(Cl)cc2)cc1. The van der Waals surface area contributed by atoms with Crippen LogP contribution in [0.4, 0.5) is 5.69 Å². The lowest BCUT2D eigenvalue weighted by atomic mass is 10.2. The fraction of sp³-hybridized carbons (Fsp3) is 0.235. The van der Waals surface area contributed by atoms with E-state index in [9.17, 15) is 0 Å². The lowest BCUT2D eigenvalue weighted by Crippen LogP contribution is -2.34. The number of hydrogen-bond acceptors (Lipinski definition) is 3. The highest BCUT2D eigenvalue weighted by molar-refractivity contribution is 7.99. The van der Waals surface area contributed by atoms with E-state index in [0.717, 1.165) is 33.9 Å². The molecular formula is C17H17ClN2OS2. The monoisotopic (exact) mass is 364 g/mol. The van der Waals surface area contributed by atoms with Crippen LogP contribution in [0.2, 0.25) is 5.02 Å². The number of methoxy groups -OCH3 is 1. The summed E-state index contributed by atoms with van der Waals surface area (Å²) in [5.41, 5.74) is 2.18. The molecule has 1 aliphatic rings. The highest BCUT2D eigenvalue weighted by Crippen LogP contribution is 2.38. The number of anilines is 1. The van der Waals surface area contributed by atoms with Crippen molar-refractivity contribution in [2.45, 2.75) is 5.37 Å². The van der Waals surface area contributed by atoms with Crippen LogP contribution in [-0.2, 0) is 0 Å². The first-order valence-electron chi connectivity index (χ1n) is 7.26. The van der Waals surface area contributed by atoms with E-state index in [1.165, 1.54) is 5.56 Å². The smallest absolute Gasteiger partial charge is 0.174 e. The van der Waals surface area contributed by atoms with Crippen LogP contribution in [0.1, 0.15) is 10.9 Å². The third-order valence-corrected chi connectivity index (χ3v) is 5.50. The number of hydrogen-bond donors (Lipinski definition) is 1. The molecule has 120 valence electrons. The van der Waals surface area contributed by atoms with E-state index in [2.05, 4.69) is 22.3 Å². The van der Waals surface area contributed by atoms with Crippen molar-refractivity contribution in [2.75, 3.05) is 24.7 Å². The fourth-order valence-corrected chi connectivity index (χ4v) is 4.22. The number of thioether (sulfide) groups is 1. The third kappa shape index (κ3) is 3.91. The Morgan fingerprint density at radius 2 is 1.91 bits per heavy atom. The predicted octanol–water partition coefficient (Wildman–Crippen LogP) is 4.79. The van der Waals surface area contributed by atoms with Crippen molar-refractivity contribution in [3.8, 4) is 5.75 Å². The van der Waals surface area contributed by atoms with Gasteiger partial charge in [0, 0.05) is 23.0 Å². The minimum Gasteiger partial charge on any atom is -0.497 e. The zero-order valence-corrected chi connectivity index (χ0v) is 15.0. The number of ether oxygens (including phenoxy) is 1. The van der Waals surface area contributed by atoms with Crippen LogP contribution in [0.5, 0.6) is 5.75 Å². The summed E-state index contributed by atoms with van der Waals surface area (Å²) in [4.78, 5) is 2.22. The second-order valence-electron chi connectivity index (χ2n) is 5.13. The summed E-state index contributed by atoms with van der Waals surface area (Å²) in [5.74, 6) is 1.88.